The van der Waals surface area contributed by atoms with Crippen LogP contribution in [0.2, 0.25) is 0 Å². The average Bonchev–Trinajstić information content (AvgIpc) is 2.37. The number of ether oxygens (including phenoxy) is 3. The van der Waals surface area contributed by atoms with Crippen LogP contribution >= 0.6 is 0 Å². The van der Waals surface area contributed by atoms with Gasteiger partial charge in [0.05, 0.1) is 26.9 Å². The number of nitrogens with zero attached hydrogens (tertiary/aromatic N) is 2. The van der Waals surface area contributed by atoms with Gasteiger partial charge in [0, 0.05) is 6.54 Å². The Balaban J connectivity index is 2.41. The first-order valence-electron chi connectivity index (χ1n) is 5.22. The fourth-order valence-corrected chi connectivity index (χ4v) is 1.10. The lowest BCUT2D eigenvalue weighted by Crippen LogP contribution is -2.14. The van der Waals surface area contributed by atoms with Crippen LogP contribution in [0, 0.1) is 0 Å². The Morgan fingerprint density at radius 3 is 2.33 bits per heavy atom. The molecular formula is C10H15F2N3O3. The molecule has 0 aromatic carbocycles. The normalized spacial score (nSPS) is 10.5. The van der Waals surface area contributed by atoms with Crippen LogP contribution in [0.25, 0.3) is 0 Å². The minimum Gasteiger partial charge on any atom is -0.481 e. The lowest BCUT2D eigenvalue weighted by molar-refractivity contribution is 0.0214. The standard InChI is InChI=1S/C10H15F2N3O3/c1-16-8-5-9(17-2)15-10(14-8)13-3-4-18-6-7(11)12/h5,7H,3-4,6H2,1-2H3,(H,13,14,15). The number of methoxy groups -OCH3 is 2. The Morgan fingerprint density at radius 2 is 1.83 bits per heavy atom. The molecule has 0 atom stereocenters. The monoisotopic (exact) mass is 263 g/mol. The van der Waals surface area contributed by atoms with Crippen molar-refractivity contribution in [3.8, 4) is 11.8 Å². The summed E-state index contributed by atoms with van der Waals surface area (Å²) in [5.74, 6) is 0.975. The Labute approximate surface area is 103 Å². The van der Waals surface area contributed by atoms with Gasteiger partial charge in [-0.3, -0.25) is 0 Å². The zero-order valence-electron chi connectivity index (χ0n) is 10.2. The summed E-state index contributed by atoms with van der Waals surface area (Å²) in [6, 6.07) is 1.53. The van der Waals surface area contributed by atoms with E-state index in [0.29, 0.717) is 18.3 Å². The molecule has 1 rings (SSSR count). The number of aromatic nitrogens is 2. The van der Waals surface area contributed by atoms with E-state index in [1.807, 2.05) is 0 Å². The lowest BCUT2D eigenvalue weighted by Gasteiger charge is -2.08. The molecule has 1 N–H and O–H groups in total. The molecule has 6 nitrogen and oxygen atoms in total. The topological polar surface area (TPSA) is 65.5 Å². The maximum Gasteiger partial charge on any atom is 0.261 e. The summed E-state index contributed by atoms with van der Waals surface area (Å²) in [7, 11) is 2.94. The molecule has 18 heavy (non-hydrogen) atoms. The van der Waals surface area contributed by atoms with Crippen molar-refractivity contribution < 1.29 is 23.0 Å². The predicted molar refractivity (Wildman–Crippen MR) is 60.4 cm³/mol. The van der Waals surface area contributed by atoms with Gasteiger partial charge in [0.15, 0.2) is 0 Å². The fourth-order valence-electron chi connectivity index (χ4n) is 1.10. The third kappa shape index (κ3) is 5.09. The zero-order valence-corrected chi connectivity index (χ0v) is 10.2. The van der Waals surface area contributed by atoms with E-state index >= 15 is 0 Å². The number of hydrogen-bond acceptors (Lipinski definition) is 6. The quantitative estimate of drug-likeness (QED) is 0.711. The van der Waals surface area contributed by atoms with Gasteiger partial charge < -0.3 is 19.5 Å². The molecule has 0 radical (unpaired) electrons. The van der Waals surface area contributed by atoms with Gasteiger partial charge in [-0.15, -0.1) is 0 Å². The van der Waals surface area contributed by atoms with Gasteiger partial charge in [-0.05, 0) is 0 Å². The van der Waals surface area contributed by atoms with E-state index < -0.39 is 13.0 Å². The Kier molecular flexibility index (Phi) is 6.06. The highest BCUT2D eigenvalue weighted by Crippen LogP contribution is 2.16. The molecule has 1 heterocycles. The number of nitrogens with one attached hydrogen (secondary N) is 1. The molecule has 0 bridgehead atoms. The van der Waals surface area contributed by atoms with Gasteiger partial charge in [0.1, 0.15) is 6.61 Å². The molecule has 0 amide bonds. The highest BCUT2D eigenvalue weighted by molar-refractivity contribution is 5.33. The van der Waals surface area contributed by atoms with E-state index in [0.717, 1.165) is 0 Å². The first-order chi connectivity index (χ1) is 8.65. The smallest absolute Gasteiger partial charge is 0.261 e. The van der Waals surface area contributed by atoms with E-state index in [2.05, 4.69) is 15.3 Å². The summed E-state index contributed by atoms with van der Waals surface area (Å²) in [6.07, 6.45) is -2.46. The summed E-state index contributed by atoms with van der Waals surface area (Å²) in [6.45, 7) is -0.139. The first kappa shape index (κ1) is 14.4. The highest BCUT2D eigenvalue weighted by atomic mass is 19.3. The Bertz CT molecular complexity index is 344. The van der Waals surface area contributed by atoms with Crippen LogP contribution in [0.1, 0.15) is 0 Å². The van der Waals surface area contributed by atoms with Gasteiger partial charge in [-0.25, -0.2) is 8.78 Å². The summed E-state index contributed by atoms with van der Waals surface area (Å²) in [4.78, 5) is 8.01. The largest absolute Gasteiger partial charge is 0.481 e. The van der Waals surface area contributed by atoms with Crippen LogP contribution in [-0.2, 0) is 4.74 Å². The van der Waals surface area contributed by atoms with Crippen LogP contribution in [0.5, 0.6) is 11.8 Å². The zero-order chi connectivity index (χ0) is 13.4. The SMILES string of the molecule is COc1cc(OC)nc(NCCOCC(F)F)n1. The molecule has 0 aliphatic heterocycles. The van der Waals surface area contributed by atoms with Gasteiger partial charge in [0.2, 0.25) is 17.7 Å². The van der Waals surface area contributed by atoms with E-state index in [9.17, 15) is 8.78 Å². The Morgan fingerprint density at radius 1 is 1.22 bits per heavy atom. The summed E-state index contributed by atoms with van der Waals surface area (Å²) in [5.41, 5.74) is 0. The molecule has 0 unspecified atom stereocenters. The maximum absolute atomic E-state index is 11.8. The molecule has 1 aromatic rings. The van der Waals surface area contributed by atoms with Crippen molar-refractivity contribution in [3.05, 3.63) is 6.07 Å². The van der Waals surface area contributed by atoms with E-state index in [1.165, 1.54) is 20.3 Å². The molecule has 102 valence electrons. The molecular weight excluding hydrogens is 248 g/mol. The maximum atomic E-state index is 11.8. The van der Waals surface area contributed by atoms with Crippen molar-refractivity contribution >= 4 is 5.95 Å². The third-order valence-electron chi connectivity index (χ3n) is 1.87. The number of rotatable bonds is 8. The molecule has 0 fully saturated rings. The molecule has 0 saturated carbocycles. The van der Waals surface area contributed by atoms with Crippen molar-refractivity contribution in [2.75, 3.05) is 39.3 Å². The molecule has 0 saturated heterocycles. The van der Waals surface area contributed by atoms with Crippen LogP contribution in [0.4, 0.5) is 14.7 Å². The number of anilines is 1. The van der Waals surface area contributed by atoms with Crippen LogP contribution < -0.4 is 14.8 Å². The van der Waals surface area contributed by atoms with Crippen LogP contribution in [-0.4, -0.2) is 50.4 Å². The summed E-state index contributed by atoms with van der Waals surface area (Å²) < 4.78 is 38.2. The number of hydrogen-bond donors (Lipinski definition) is 1. The molecule has 0 spiro atoms. The van der Waals surface area contributed by atoms with Gasteiger partial charge in [-0.2, -0.15) is 9.97 Å². The van der Waals surface area contributed by atoms with Crippen molar-refractivity contribution in [1.82, 2.24) is 9.97 Å². The van der Waals surface area contributed by atoms with Gasteiger partial charge in [0.25, 0.3) is 6.43 Å². The van der Waals surface area contributed by atoms with E-state index in [4.69, 9.17) is 14.2 Å². The highest BCUT2D eigenvalue weighted by Gasteiger charge is 2.05. The second-order valence-electron chi connectivity index (χ2n) is 3.17. The molecule has 0 aliphatic rings. The lowest BCUT2D eigenvalue weighted by atomic mass is 10.6. The molecule has 8 heteroatoms. The fraction of sp³-hybridized carbons (Fsp3) is 0.600. The number of alkyl halides is 2. The second kappa shape index (κ2) is 7.59. The van der Waals surface area contributed by atoms with E-state index in [1.54, 1.807) is 0 Å². The summed E-state index contributed by atoms with van der Waals surface area (Å²) in [5, 5.41) is 2.82. The van der Waals surface area contributed by atoms with E-state index in [-0.39, 0.29) is 12.6 Å². The molecule has 1 aromatic heterocycles. The average molecular weight is 263 g/mol. The summed E-state index contributed by atoms with van der Waals surface area (Å²) >= 11 is 0. The van der Waals surface area contributed by atoms with Crippen molar-refractivity contribution in [2.45, 2.75) is 6.43 Å². The molecule has 0 aliphatic carbocycles. The van der Waals surface area contributed by atoms with Gasteiger partial charge >= 0.3 is 0 Å². The predicted octanol–water partition coefficient (Wildman–Crippen LogP) is 1.19. The van der Waals surface area contributed by atoms with Crippen molar-refractivity contribution in [2.24, 2.45) is 0 Å². The van der Waals surface area contributed by atoms with Crippen LogP contribution in [0.15, 0.2) is 6.07 Å². The minimum atomic E-state index is -2.46. The van der Waals surface area contributed by atoms with Crippen molar-refractivity contribution in [3.63, 3.8) is 0 Å². The van der Waals surface area contributed by atoms with Crippen molar-refractivity contribution in [1.29, 1.82) is 0 Å². The number of halogens is 2. The Hall–Kier alpha value is -1.70. The minimum absolute atomic E-state index is 0.132. The first-order valence-corrected chi connectivity index (χ1v) is 5.22. The second-order valence-corrected chi connectivity index (χ2v) is 3.17. The van der Waals surface area contributed by atoms with Gasteiger partial charge in [-0.1, -0.05) is 0 Å². The third-order valence-corrected chi connectivity index (χ3v) is 1.87. The van der Waals surface area contributed by atoms with Crippen LogP contribution in [0.3, 0.4) is 0 Å².